The lowest BCUT2D eigenvalue weighted by molar-refractivity contribution is 0.0931. The normalized spacial score (nSPS) is 17.7. The van der Waals surface area contributed by atoms with Crippen LogP contribution in [0.3, 0.4) is 0 Å². The first-order chi connectivity index (χ1) is 13.7. The van der Waals surface area contributed by atoms with E-state index in [9.17, 15) is 4.79 Å². The van der Waals surface area contributed by atoms with Gasteiger partial charge in [-0.2, -0.15) is 0 Å². The van der Waals surface area contributed by atoms with Crippen LogP contribution in [0.2, 0.25) is 0 Å². The van der Waals surface area contributed by atoms with Crippen LogP contribution in [-0.4, -0.2) is 40.0 Å². The summed E-state index contributed by atoms with van der Waals surface area (Å²) in [6.07, 6.45) is 6.25. The molecule has 5 nitrogen and oxygen atoms in total. The van der Waals surface area contributed by atoms with Crippen molar-refractivity contribution in [2.24, 2.45) is 5.92 Å². The van der Waals surface area contributed by atoms with Crippen LogP contribution in [0.25, 0.3) is 10.8 Å². The summed E-state index contributed by atoms with van der Waals surface area (Å²) < 4.78 is 2.20. The zero-order valence-electron chi connectivity index (χ0n) is 16.5. The van der Waals surface area contributed by atoms with Crippen LogP contribution in [0, 0.1) is 5.92 Å². The van der Waals surface area contributed by atoms with Gasteiger partial charge in [0.2, 0.25) is 0 Å². The number of benzene rings is 2. The maximum absolute atomic E-state index is 12.8. The van der Waals surface area contributed by atoms with E-state index in [1.54, 1.807) is 0 Å². The van der Waals surface area contributed by atoms with Gasteiger partial charge in [-0.3, -0.25) is 9.69 Å². The molecule has 1 fully saturated rings. The molecule has 0 saturated carbocycles. The van der Waals surface area contributed by atoms with Gasteiger partial charge >= 0.3 is 0 Å². The molecule has 1 aliphatic heterocycles. The van der Waals surface area contributed by atoms with Crippen molar-refractivity contribution in [1.82, 2.24) is 19.8 Å². The number of carbonyl (C=O) groups excluding carboxylic acids is 1. The van der Waals surface area contributed by atoms with Crippen LogP contribution in [0.1, 0.15) is 35.9 Å². The highest BCUT2D eigenvalue weighted by Crippen LogP contribution is 2.20. The van der Waals surface area contributed by atoms with Crippen molar-refractivity contribution in [3.8, 4) is 0 Å². The number of nitrogens with one attached hydrogen (secondary N) is 1. The molecule has 146 valence electrons. The quantitative estimate of drug-likeness (QED) is 0.714. The van der Waals surface area contributed by atoms with Gasteiger partial charge in [-0.15, -0.1) is 0 Å². The predicted octanol–water partition coefficient (Wildman–Crippen LogP) is 3.70. The van der Waals surface area contributed by atoms with Crippen molar-refractivity contribution in [3.05, 3.63) is 66.2 Å². The SMILES string of the molecule is CCn1ccnc1CN1CCC[C@@H](CNC(=O)c2cccc3ccccc23)C1. The lowest BCUT2D eigenvalue weighted by atomic mass is 9.97. The molecule has 1 amide bonds. The Morgan fingerprint density at radius 1 is 1.21 bits per heavy atom. The summed E-state index contributed by atoms with van der Waals surface area (Å²) >= 11 is 0. The molecule has 4 rings (SSSR count). The van der Waals surface area contributed by atoms with Gasteiger partial charge in [-0.25, -0.2) is 4.98 Å². The van der Waals surface area contributed by atoms with Crippen LogP contribution in [0.15, 0.2) is 54.9 Å². The van der Waals surface area contributed by atoms with Gasteiger partial charge in [0.1, 0.15) is 5.82 Å². The molecule has 5 heteroatoms. The maximum Gasteiger partial charge on any atom is 0.251 e. The van der Waals surface area contributed by atoms with Crippen LogP contribution in [0.5, 0.6) is 0 Å². The van der Waals surface area contributed by atoms with Crippen LogP contribution >= 0.6 is 0 Å². The molecule has 1 atom stereocenters. The molecule has 0 aliphatic carbocycles. The zero-order chi connectivity index (χ0) is 19.3. The van der Waals surface area contributed by atoms with E-state index in [-0.39, 0.29) is 5.91 Å². The Hall–Kier alpha value is -2.66. The molecule has 1 N–H and O–H groups in total. The number of aromatic nitrogens is 2. The van der Waals surface area contributed by atoms with Crippen molar-refractivity contribution in [2.45, 2.75) is 32.9 Å². The van der Waals surface area contributed by atoms with Gasteiger partial charge < -0.3 is 9.88 Å². The van der Waals surface area contributed by atoms with Gasteiger partial charge in [0.05, 0.1) is 6.54 Å². The Bertz CT molecular complexity index is 943. The van der Waals surface area contributed by atoms with Gasteiger partial charge in [-0.1, -0.05) is 36.4 Å². The monoisotopic (exact) mass is 376 g/mol. The first-order valence-electron chi connectivity index (χ1n) is 10.2. The average Bonchev–Trinajstić information content (AvgIpc) is 3.19. The summed E-state index contributed by atoms with van der Waals surface area (Å²) in [4.78, 5) is 19.8. The fraction of sp³-hybridized carbons (Fsp3) is 0.391. The van der Waals surface area contributed by atoms with Gasteiger partial charge in [-0.05, 0) is 49.1 Å². The lowest BCUT2D eigenvalue weighted by Crippen LogP contribution is -2.41. The number of hydrogen-bond acceptors (Lipinski definition) is 3. The molecular formula is C23H28N4O. The number of nitrogens with zero attached hydrogens (tertiary/aromatic N) is 3. The Morgan fingerprint density at radius 2 is 2.07 bits per heavy atom. The Kier molecular flexibility index (Phi) is 5.72. The second kappa shape index (κ2) is 8.57. The lowest BCUT2D eigenvalue weighted by Gasteiger charge is -2.32. The van der Waals surface area contributed by atoms with Crippen molar-refractivity contribution in [3.63, 3.8) is 0 Å². The third-order valence-electron chi connectivity index (χ3n) is 5.70. The van der Waals surface area contributed by atoms with E-state index in [2.05, 4.69) is 26.7 Å². The molecule has 1 aliphatic rings. The molecule has 1 aromatic heterocycles. The first kappa shape index (κ1) is 18.7. The first-order valence-corrected chi connectivity index (χ1v) is 10.2. The van der Waals surface area contributed by atoms with Crippen molar-refractivity contribution in [2.75, 3.05) is 19.6 Å². The number of likely N-dealkylation sites (tertiary alicyclic amines) is 1. The fourth-order valence-corrected chi connectivity index (χ4v) is 4.20. The number of carbonyl (C=O) groups is 1. The summed E-state index contributed by atoms with van der Waals surface area (Å²) in [5.41, 5.74) is 0.760. The standard InChI is InChI=1S/C23H28N4O/c1-2-27-14-12-24-22(27)17-26-13-6-7-18(16-26)15-25-23(28)21-11-5-9-19-8-3-4-10-20(19)21/h3-5,8-12,14,18H,2,6-7,13,15-17H2,1H3,(H,25,28)/t18-/m0/s1. The highest BCUT2D eigenvalue weighted by atomic mass is 16.1. The Balaban J connectivity index is 1.36. The number of fused-ring (bicyclic) bond motifs is 1. The number of amides is 1. The van der Waals surface area contributed by atoms with Gasteiger partial charge in [0, 0.05) is 37.6 Å². The van der Waals surface area contributed by atoms with Gasteiger partial charge in [0.15, 0.2) is 0 Å². The summed E-state index contributed by atoms with van der Waals surface area (Å²) in [5.74, 6) is 1.64. The molecule has 3 aromatic rings. The smallest absolute Gasteiger partial charge is 0.251 e. The molecule has 0 radical (unpaired) electrons. The van der Waals surface area contributed by atoms with Crippen molar-refractivity contribution >= 4 is 16.7 Å². The molecule has 2 heterocycles. The van der Waals surface area contributed by atoms with E-state index in [1.165, 1.54) is 6.42 Å². The predicted molar refractivity (Wildman–Crippen MR) is 112 cm³/mol. The largest absolute Gasteiger partial charge is 0.352 e. The van der Waals surface area contributed by atoms with E-state index >= 15 is 0 Å². The van der Waals surface area contributed by atoms with E-state index in [1.807, 2.05) is 54.9 Å². The molecule has 0 bridgehead atoms. The number of hydrogen-bond donors (Lipinski definition) is 1. The molecule has 0 unspecified atom stereocenters. The van der Waals surface area contributed by atoms with Gasteiger partial charge in [0.25, 0.3) is 5.91 Å². The third kappa shape index (κ3) is 4.09. The van der Waals surface area contributed by atoms with Crippen LogP contribution in [0.4, 0.5) is 0 Å². The fourth-order valence-electron chi connectivity index (χ4n) is 4.20. The molecular weight excluding hydrogens is 348 g/mol. The number of rotatable bonds is 6. The van der Waals surface area contributed by atoms with E-state index in [4.69, 9.17) is 0 Å². The summed E-state index contributed by atoms with van der Waals surface area (Å²) in [6, 6.07) is 14.0. The zero-order valence-corrected chi connectivity index (χ0v) is 16.5. The van der Waals surface area contributed by atoms with E-state index < -0.39 is 0 Å². The number of imidazole rings is 1. The molecule has 1 saturated heterocycles. The maximum atomic E-state index is 12.8. The van der Waals surface area contributed by atoms with Crippen molar-refractivity contribution < 1.29 is 4.79 Å². The summed E-state index contributed by atoms with van der Waals surface area (Å²) in [6.45, 7) is 6.81. The summed E-state index contributed by atoms with van der Waals surface area (Å²) in [5, 5.41) is 5.29. The highest BCUT2D eigenvalue weighted by Gasteiger charge is 2.22. The Morgan fingerprint density at radius 3 is 2.96 bits per heavy atom. The topological polar surface area (TPSA) is 50.2 Å². The molecule has 2 aromatic carbocycles. The van der Waals surface area contributed by atoms with Crippen LogP contribution < -0.4 is 5.32 Å². The molecule has 28 heavy (non-hydrogen) atoms. The van der Waals surface area contributed by atoms with Crippen LogP contribution in [-0.2, 0) is 13.1 Å². The van der Waals surface area contributed by atoms with Crippen molar-refractivity contribution in [1.29, 1.82) is 0 Å². The number of aryl methyl sites for hydroxylation is 1. The minimum Gasteiger partial charge on any atom is -0.352 e. The van der Waals surface area contributed by atoms with E-state index in [0.717, 1.165) is 61.3 Å². The van der Waals surface area contributed by atoms with E-state index in [0.29, 0.717) is 5.92 Å². The summed E-state index contributed by atoms with van der Waals surface area (Å²) in [7, 11) is 0. The second-order valence-corrected chi connectivity index (χ2v) is 7.61. The minimum atomic E-state index is 0.0236. The highest BCUT2D eigenvalue weighted by molar-refractivity contribution is 6.06. The minimum absolute atomic E-state index is 0.0236. The number of piperidine rings is 1. The average molecular weight is 377 g/mol. The second-order valence-electron chi connectivity index (χ2n) is 7.61. The molecule has 0 spiro atoms. The Labute approximate surface area is 166 Å². The third-order valence-corrected chi connectivity index (χ3v) is 5.70.